The summed E-state index contributed by atoms with van der Waals surface area (Å²) in [5.41, 5.74) is 1.62. The second-order valence-corrected chi connectivity index (χ2v) is 8.46. The lowest BCUT2D eigenvalue weighted by Gasteiger charge is -2.23. The van der Waals surface area contributed by atoms with Crippen LogP contribution in [0.2, 0.25) is 0 Å². The number of ether oxygens (including phenoxy) is 2. The van der Waals surface area contributed by atoms with E-state index in [1.54, 1.807) is 32.2 Å². The summed E-state index contributed by atoms with van der Waals surface area (Å²) >= 11 is 0. The Hall–Kier alpha value is -3.02. The molecule has 154 valence electrons. The highest BCUT2D eigenvalue weighted by Gasteiger charge is 2.49. The van der Waals surface area contributed by atoms with Crippen molar-refractivity contribution in [2.75, 3.05) is 14.2 Å². The van der Waals surface area contributed by atoms with Crippen molar-refractivity contribution in [2.45, 2.75) is 45.2 Å². The number of carbonyl (C=O) groups excluding carboxylic acids is 2. The zero-order valence-corrected chi connectivity index (χ0v) is 17.8. The fourth-order valence-electron chi connectivity index (χ4n) is 3.48. The van der Waals surface area contributed by atoms with Crippen molar-refractivity contribution in [3.63, 3.8) is 0 Å². The van der Waals surface area contributed by atoms with E-state index in [0.717, 1.165) is 5.56 Å². The van der Waals surface area contributed by atoms with Crippen molar-refractivity contribution in [3.05, 3.63) is 59.2 Å². The summed E-state index contributed by atoms with van der Waals surface area (Å²) in [4.78, 5) is 27.1. The third kappa shape index (κ3) is 3.79. The van der Waals surface area contributed by atoms with Crippen LogP contribution in [-0.2, 0) is 22.3 Å². The highest BCUT2D eigenvalue weighted by molar-refractivity contribution is 6.07. The van der Waals surface area contributed by atoms with Crippen LogP contribution in [0.3, 0.4) is 0 Å². The molecular formula is C23H28N2O4. The third-order valence-electron chi connectivity index (χ3n) is 5.40. The first-order valence-corrected chi connectivity index (χ1v) is 9.56. The Morgan fingerprint density at radius 3 is 2.14 bits per heavy atom. The SMILES string of the molecule is COc1ccc(C2(C)NC(=O)N(Cc3ccc(C(C)(C)C)cc3)C2=O)cc1OC. The average Bonchev–Trinajstić information content (AvgIpc) is 2.91. The number of urea groups is 1. The molecule has 0 radical (unpaired) electrons. The highest BCUT2D eigenvalue weighted by atomic mass is 16.5. The van der Waals surface area contributed by atoms with Crippen LogP contribution in [0.4, 0.5) is 4.79 Å². The van der Waals surface area contributed by atoms with E-state index in [9.17, 15) is 9.59 Å². The molecule has 6 nitrogen and oxygen atoms in total. The van der Waals surface area contributed by atoms with E-state index >= 15 is 0 Å². The molecule has 3 amide bonds. The molecule has 1 saturated heterocycles. The summed E-state index contributed by atoms with van der Waals surface area (Å²) in [6.45, 7) is 8.37. The normalized spacial score (nSPS) is 19.3. The molecular weight excluding hydrogens is 368 g/mol. The molecule has 1 aliphatic rings. The zero-order chi connectivity index (χ0) is 21.4. The van der Waals surface area contributed by atoms with Gasteiger partial charge >= 0.3 is 6.03 Å². The van der Waals surface area contributed by atoms with Crippen LogP contribution in [0, 0.1) is 0 Å². The number of carbonyl (C=O) groups is 2. The van der Waals surface area contributed by atoms with Crippen molar-refractivity contribution >= 4 is 11.9 Å². The summed E-state index contributed by atoms with van der Waals surface area (Å²) in [6, 6.07) is 12.8. The Bertz CT molecular complexity index is 931. The van der Waals surface area contributed by atoms with Gasteiger partial charge in [0.15, 0.2) is 11.5 Å². The number of nitrogens with zero attached hydrogens (tertiary/aromatic N) is 1. The molecule has 2 aromatic rings. The van der Waals surface area contributed by atoms with Gasteiger partial charge < -0.3 is 14.8 Å². The molecule has 1 atom stereocenters. The van der Waals surface area contributed by atoms with E-state index in [0.29, 0.717) is 17.1 Å². The summed E-state index contributed by atoms with van der Waals surface area (Å²) in [5, 5.41) is 2.83. The molecule has 0 bridgehead atoms. The van der Waals surface area contributed by atoms with Gasteiger partial charge in [0.25, 0.3) is 5.91 Å². The number of hydrogen-bond acceptors (Lipinski definition) is 4. The first-order valence-electron chi connectivity index (χ1n) is 9.56. The molecule has 1 aliphatic heterocycles. The molecule has 0 spiro atoms. The van der Waals surface area contributed by atoms with E-state index in [1.807, 2.05) is 24.3 Å². The van der Waals surface area contributed by atoms with E-state index < -0.39 is 11.6 Å². The molecule has 1 N–H and O–H groups in total. The second-order valence-electron chi connectivity index (χ2n) is 8.46. The van der Waals surface area contributed by atoms with Crippen molar-refractivity contribution in [1.82, 2.24) is 10.2 Å². The predicted molar refractivity (Wildman–Crippen MR) is 111 cm³/mol. The van der Waals surface area contributed by atoms with E-state index in [2.05, 4.69) is 26.1 Å². The number of hydrogen-bond donors (Lipinski definition) is 1. The van der Waals surface area contributed by atoms with E-state index in [-0.39, 0.29) is 17.9 Å². The molecule has 1 heterocycles. The van der Waals surface area contributed by atoms with Gasteiger partial charge in [-0.25, -0.2) is 4.79 Å². The lowest BCUT2D eigenvalue weighted by atomic mass is 9.86. The lowest BCUT2D eigenvalue weighted by Crippen LogP contribution is -2.40. The van der Waals surface area contributed by atoms with Gasteiger partial charge in [0.2, 0.25) is 0 Å². The van der Waals surface area contributed by atoms with E-state index in [1.165, 1.54) is 17.6 Å². The number of nitrogens with one attached hydrogen (secondary N) is 1. The van der Waals surface area contributed by atoms with E-state index in [4.69, 9.17) is 9.47 Å². The fourth-order valence-corrected chi connectivity index (χ4v) is 3.48. The molecule has 0 saturated carbocycles. The maximum absolute atomic E-state index is 13.2. The molecule has 6 heteroatoms. The van der Waals surface area contributed by atoms with Gasteiger partial charge in [0.05, 0.1) is 20.8 Å². The zero-order valence-electron chi connectivity index (χ0n) is 17.8. The largest absolute Gasteiger partial charge is 0.493 e. The van der Waals surface area contributed by atoms with Crippen LogP contribution in [0.15, 0.2) is 42.5 Å². The Morgan fingerprint density at radius 2 is 1.59 bits per heavy atom. The van der Waals surface area contributed by atoms with Crippen LogP contribution in [0.25, 0.3) is 0 Å². The fraction of sp³-hybridized carbons (Fsp3) is 0.391. The smallest absolute Gasteiger partial charge is 0.325 e. The number of imide groups is 1. The van der Waals surface area contributed by atoms with Crippen molar-refractivity contribution in [1.29, 1.82) is 0 Å². The number of benzene rings is 2. The number of methoxy groups -OCH3 is 2. The highest BCUT2D eigenvalue weighted by Crippen LogP contribution is 2.36. The van der Waals surface area contributed by atoms with Crippen LogP contribution >= 0.6 is 0 Å². The standard InChI is InChI=1S/C23H28N2O4/c1-22(2,3)16-9-7-15(8-10-16)14-25-20(26)23(4,24-21(25)27)17-11-12-18(28-5)19(13-17)29-6/h7-13H,14H2,1-6H3,(H,24,27). The molecule has 2 aromatic carbocycles. The molecule has 0 aromatic heterocycles. The lowest BCUT2D eigenvalue weighted by molar-refractivity contribution is -0.131. The average molecular weight is 396 g/mol. The minimum Gasteiger partial charge on any atom is -0.493 e. The van der Waals surface area contributed by atoms with Gasteiger partial charge in [-0.2, -0.15) is 0 Å². The maximum atomic E-state index is 13.2. The third-order valence-corrected chi connectivity index (χ3v) is 5.40. The van der Waals surface area contributed by atoms with Crippen LogP contribution in [0.1, 0.15) is 44.4 Å². The van der Waals surface area contributed by atoms with Crippen molar-refractivity contribution in [3.8, 4) is 11.5 Å². The van der Waals surface area contributed by atoms with Gasteiger partial charge in [-0.3, -0.25) is 9.69 Å². The Balaban J connectivity index is 1.85. The molecule has 3 rings (SSSR count). The van der Waals surface area contributed by atoms with Crippen LogP contribution in [-0.4, -0.2) is 31.1 Å². The van der Waals surface area contributed by atoms with Gasteiger partial charge in [-0.15, -0.1) is 0 Å². The quantitative estimate of drug-likeness (QED) is 0.777. The minimum absolute atomic E-state index is 0.0470. The summed E-state index contributed by atoms with van der Waals surface area (Å²) in [7, 11) is 3.08. The second kappa shape index (κ2) is 7.43. The minimum atomic E-state index is -1.16. The Kier molecular flexibility index (Phi) is 5.30. The van der Waals surface area contributed by atoms with Crippen LogP contribution < -0.4 is 14.8 Å². The summed E-state index contributed by atoms with van der Waals surface area (Å²) in [5.74, 6) is 0.770. The monoisotopic (exact) mass is 396 g/mol. The van der Waals surface area contributed by atoms with Gasteiger partial charge in [0, 0.05) is 0 Å². The Morgan fingerprint density at radius 1 is 0.966 bits per heavy atom. The molecule has 1 unspecified atom stereocenters. The molecule has 29 heavy (non-hydrogen) atoms. The van der Waals surface area contributed by atoms with Gasteiger partial charge in [-0.05, 0) is 41.2 Å². The van der Waals surface area contributed by atoms with Gasteiger partial charge in [0.1, 0.15) is 5.54 Å². The summed E-state index contributed by atoms with van der Waals surface area (Å²) < 4.78 is 10.6. The molecule has 0 aliphatic carbocycles. The van der Waals surface area contributed by atoms with Gasteiger partial charge in [-0.1, -0.05) is 51.1 Å². The predicted octanol–water partition coefficient (Wildman–Crippen LogP) is 3.97. The Labute approximate surface area is 171 Å². The maximum Gasteiger partial charge on any atom is 0.325 e. The van der Waals surface area contributed by atoms with Crippen molar-refractivity contribution in [2.24, 2.45) is 0 Å². The number of amides is 3. The topological polar surface area (TPSA) is 67.9 Å². The summed E-state index contributed by atoms with van der Waals surface area (Å²) in [6.07, 6.45) is 0. The number of rotatable bonds is 5. The first kappa shape index (κ1) is 20.7. The van der Waals surface area contributed by atoms with Crippen molar-refractivity contribution < 1.29 is 19.1 Å². The first-order chi connectivity index (χ1) is 13.6. The molecule has 1 fully saturated rings. The van der Waals surface area contributed by atoms with Crippen LogP contribution in [0.5, 0.6) is 11.5 Å².